The molecule has 0 radical (unpaired) electrons. The van der Waals surface area contributed by atoms with E-state index in [9.17, 15) is 9.59 Å². The molecule has 2 amide bonds. The van der Waals surface area contributed by atoms with Crippen molar-refractivity contribution in [1.29, 1.82) is 0 Å². The number of benzene rings is 2. The number of fused-ring (bicyclic) bond motifs is 1. The maximum atomic E-state index is 12.4. The lowest BCUT2D eigenvalue weighted by molar-refractivity contribution is -0.134. The molecule has 0 unspecified atom stereocenters. The summed E-state index contributed by atoms with van der Waals surface area (Å²) in [6.45, 7) is 2.64. The molecule has 1 saturated heterocycles. The molecule has 2 heterocycles. The highest BCUT2D eigenvalue weighted by Crippen LogP contribution is 2.32. The number of anilines is 1. The molecule has 4 rings (SSSR count). The smallest absolute Gasteiger partial charge is 0.255 e. The van der Waals surface area contributed by atoms with Gasteiger partial charge in [0.15, 0.2) is 11.5 Å². The van der Waals surface area contributed by atoms with Crippen molar-refractivity contribution in [3.05, 3.63) is 53.6 Å². The number of carbonyl (C=O) groups excluding carboxylic acids is 2. The summed E-state index contributed by atoms with van der Waals surface area (Å²) in [5.41, 5.74) is 2.07. The summed E-state index contributed by atoms with van der Waals surface area (Å²) in [6.07, 6.45) is 0.344. The van der Waals surface area contributed by atoms with Crippen LogP contribution in [0.15, 0.2) is 42.5 Å². The molecule has 140 valence electrons. The van der Waals surface area contributed by atoms with Gasteiger partial charge < -0.3 is 24.4 Å². The van der Waals surface area contributed by atoms with Crippen LogP contribution in [-0.4, -0.2) is 49.8 Å². The van der Waals surface area contributed by atoms with Gasteiger partial charge in [-0.2, -0.15) is 0 Å². The van der Waals surface area contributed by atoms with Crippen molar-refractivity contribution in [2.45, 2.75) is 6.42 Å². The van der Waals surface area contributed by atoms with Crippen LogP contribution in [0.2, 0.25) is 0 Å². The second-order valence-corrected chi connectivity index (χ2v) is 6.39. The molecule has 0 spiro atoms. The van der Waals surface area contributed by atoms with E-state index in [1.807, 2.05) is 17.0 Å². The molecule has 2 aromatic carbocycles. The van der Waals surface area contributed by atoms with Crippen LogP contribution in [0.4, 0.5) is 5.69 Å². The average Bonchev–Trinajstić information content (AvgIpc) is 3.18. The van der Waals surface area contributed by atoms with E-state index in [2.05, 4.69) is 5.32 Å². The van der Waals surface area contributed by atoms with E-state index in [4.69, 9.17) is 14.2 Å². The molecule has 0 atom stereocenters. The summed E-state index contributed by atoms with van der Waals surface area (Å²) >= 11 is 0. The Morgan fingerprint density at radius 2 is 1.70 bits per heavy atom. The van der Waals surface area contributed by atoms with Crippen LogP contribution < -0.4 is 14.8 Å². The van der Waals surface area contributed by atoms with Gasteiger partial charge in [0, 0.05) is 24.3 Å². The third kappa shape index (κ3) is 4.03. The molecule has 0 aromatic heterocycles. The first kappa shape index (κ1) is 17.4. The third-order valence-electron chi connectivity index (χ3n) is 4.57. The topological polar surface area (TPSA) is 77.1 Å². The van der Waals surface area contributed by atoms with E-state index in [-0.39, 0.29) is 18.6 Å². The van der Waals surface area contributed by atoms with Crippen molar-refractivity contribution in [2.24, 2.45) is 0 Å². The van der Waals surface area contributed by atoms with Gasteiger partial charge in [-0.1, -0.05) is 12.1 Å². The number of hydrogen-bond donors (Lipinski definition) is 1. The second-order valence-electron chi connectivity index (χ2n) is 6.39. The summed E-state index contributed by atoms with van der Waals surface area (Å²) in [5, 5.41) is 2.85. The number of morpholine rings is 1. The first-order valence-corrected chi connectivity index (χ1v) is 8.84. The SMILES string of the molecule is O=C(Nc1ccc(CC(=O)N2CCOCC2)cc1)c1ccc2c(c1)OCO2. The number of rotatable bonds is 4. The van der Waals surface area contributed by atoms with Gasteiger partial charge in [-0.25, -0.2) is 0 Å². The lowest BCUT2D eigenvalue weighted by Gasteiger charge is -2.26. The van der Waals surface area contributed by atoms with Gasteiger partial charge >= 0.3 is 0 Å². The number of carbonyl (C=O) groups is 2. The Hall–Kier alpha value is -3.06. The van der Waals surface area contributed by atoms with Gasteiger partial charge in [-0.15, -0.1) is 0 Å². The average molecular weight is 368 g/mol. The van der Waals surface area contributed by atoms with Crippen molar-refractivity contribution in [2.75, 3.05) is 38.4 Å². The first-order valence-electron chi connectivity index (χ1n) is 8.84. The summed E-state index contributed by atoms with van der Waals surface area (Å²) in [6, 6.07) is 12.4. The monoisotopic (exact) mass is 368 g/mol. The minimum absolute atomic E-state index is 0.0930. The third-order valence-corrected chi connectivity index (χ3v) is 4.57. The van der Waals surface area contributed by atoms with Crippen molar-refractivity contribution < 1.29 is 23.8 Å². The fourth-order valence-corrected chi connectivity index (χ4v) is 3.05. The predicted molar refractivity (Wildman–Crippen MR) is 98.1 cm³/mol. The van der Waals surface area contributed by atoms with Crippen LogP contribution in [0.5, 0.6) is 11.5 Å². The summed E-state index contributed by atoms with van der Waals surface area (Å²) in [5.74, 6) is 1.07. The molecular weight excluding hydrogens is 348 g/mol. The standard InChI is InChI=1S/C20H20N2O5/c23-19(22-7-9-25-10-8-22)11-14-1-4-16(5-2-14)21-20(24)15-3-6-17-18(12-15)27-13-26-17/h1-6,12H,7-11,13H2,(H,21,24). The zero-order valence-electron chi connectivity index (χ0n) is 14.8. The molecule has 2 aromatic rings. The first-order chi connectivity index (χ1) is 13.2. The Bertz CT molecular complexity index is 844. The maximum absolute atomic E-state index is 12.4. The molecule has 1 fully saturated rings. The van der Waals surface area contributed by atoms with Crippen LogP contribution >= 0.6 is 0 Å². The Morgan fingerprint density at radius 1 is 0.963 bits per heavy atom. The van der Waals surface area contributed by atoms with E-state index in [1.165, 1.54) is 0 Å². The molecule has 2 aliphatic heterocycles. The van der Waals surface area contributed by atoms with E-state index < -0.39 is 0 Å². The fourth-order valence-electron chi connectivity index (χ4n) is 3.05. The molecule has 27 heavy (non-hydrogen) atoms. The highest BCUT2D eigenvalue weighted by Gasteiger charge is 2.18. The minimum atomic E-state index is -0.231. The van der Waals surface area contributed by atoms with Crippen LogP contribution in [0.3, 0.4) is 0 Å². The molecule has 1 N–H and O–H groups in total. The van der Waals surface area contributed by atoms with Crippen LogP contribution in [0.1, 0.15) is 15.9 Å². The summed E-state index contributed by atoms with van der Waals surface area (Å²) in [7, 11) is 0. The zero-order valence-corrected chi connectivity index (χ0v) is 14.8. The number of nitrogens with zero attached hydrogens (tertiary/aromatic N) is 1. The van der Waals surface area contributed by atoms with E-state index in [0.29, 0.717) is 55.5 Å². The van der Waals surface area contributed by atoms with E-state index in [1.54, 1.807) is 30.3 Å². The molecule has 0 saturated carbocycles. The zero-order chi connectivity index (χ0) is 18.6. The lowest BCUT2D eigenvalue weighted by Crippen LogP contribution is -2.41. The van der Waals surface area contributed by atoms with Gasteiger partial charge in [0.2, 0.25) is 12.7 Å². The van der Waals surface area contributed by atoms with Gasteiger partial charge in [-0.3, -0.25) is 9.59 Å². The minimum Gasteiger partial charge on any atom is -0.454 e. The molecule has 7 nitrogen and oxygen atoms in total. The van der Waals surface area contributed by atoms with Crippen molar-refractivity contribution in [1.82, 2.24) is 4.90 Å². The molecule has 7 heteroatoms. The van der Waals surface area contributed by atoms with Crippen molar-refractivity contribution in [3.63, 3.8) is 0 Å². The molecule has 0 aliphatic carbocycles. The highest BCUT2D eigenvalue weighted by molar-refractivity contribution is 6.04. The van der Waals surface area contributed by atoms with Crippen molar-refractivity contribution >= 4 is 17.5 Å². The van der Waals surface area contributed by atoms with E-state index >= 15 is 0 Å². The largest absolute Gasteiger partial charge is 0.454 e. The Kier molecular flexibility index (Phi) is 4.93. The van der Waals surface area contributed by atoms with Crippen LogP contribution in [-0.2, 0) is 16.0 Å². The molecule has 2 aliphatic rings. The van der Waals surface area contributed by atoms with Crippen LogP contribution in [0, 0.1) is 0 Å². The highest BCUT2D eigenvalue weighted by atomic mass is 16.7. The second kappa shape index (κ2) is 7.67. The lowest BCUT2D eigenvalue weighted by atomic mass is 10.1. The predicted octanol–water partition coefficient (Wildman–Crippen LogP) is 2.07. The fraction of sp³-hybridized carbons (Fsp3) is 0.300. The summed E-state index contributed by atoms with van der Waals surface area (Å²) in [4.78, 5) is 26.5. The maximum Gasteiger partial charge on any atom is 0.255 e. The van der Waals surface area contributed by atoms with Gasteiger partial charge in [0.05, 0.1) is 19.6 Å². The van der Waals surface area contributed by atoms with Crippen molar-refractivity contribution in [3.8, 4) is 11.5 Å². The Balaban J connectivity index is 1.36. The number of ether oxygens (including phenoxy) is 3. The number of hydrogen-bond acceptors (Lipinski definition) is 5. The van der Waals surface area contributed by atoms with Gasteiger partial charge in [0.25, 0.3) is 5.91 Å². The van der Waals surface area contributed by atoms with Crippen LogP contribution in [0.25, 0.3) is 0 Å². The number of amides is 2. The number of nitrogens with one attached hydrogen (secondary N) is 1. The quantitative estimate of drug-likeness (QED) is 0.894. The summed E-state index contributed by atoms with van der Waals surface area (Å²) < 4.78 is 15.8. The Labute approximate surface area is 156 Å². The van der Waals surface area contributed by atoms with Gasteiger partial charge in [0.1, 0.15) is 0 Å². The molecule has 0 bridgehead atoms. The molecular formula is C20H20N2O5. The normalized spacial score (nSPS) is 15.5. The van der Waals surface area contributed by atoms with Gasteiger partial charge in [-0.05, 0) is 35.9 Å². The Morgan fingerprint density at radius 3 is 2.48 bits per heavy atom. The van der Waals surface area contributed by atoms with E-state index in [0.717, 1.165) is 5.56 Å².